The van der Waals surface area contributed by atoms with Crippen LogP contribution in [0, 0.1) is 0 Å². The third-order valence-corrected chi connectivity index (χ3v) is 4.16. The molecule has 0 fully saturated rings. The second kappa shape index (κ2) is 7.86. The normalized spacial score (nSPS) is 10.4. The van der Waals surface area contributed by atoms with Crippen LogP contribution in [-0.4, -0.2) is 12.5 Å². The second-order valence-corrected chi connectivity index (χ2v) is 6.19. The largest absolute Gasteiger partial charge is 0.493 e. The van der Waals surface area contributed by atoms with E-state index >= 15 is 0 Å². The summed E-state index contributed by atoms with van der Waals surface area (Å²) in [6.07, 6.45) is 0. The van der Waals surface area contributed by atoms with Gasteiger partial charge in [0.1, 0.15) is 5.75 Å². The molecular weight excluding hydrogens is 389 g/mol. The Morgan fingerprint density at radius 2 is 2.00 bits per heavy atom. The number of amides is 1. The van der Waals surface area contributed by atoms with Crippen LogP contribution in [0.15, 0.2) is 40.9 Å². The third-order valence-electron chi connectivity index (χ3n) is 2.95. The Labute approximate surface area is 147 Å². The molecular formula is C16H14BrCl2NO2. The van der Waals surface area contributed by atoms with E-state index in [1.807, 2.05) is 6.92 Å². The fourth-order valence-electron chi connectivity index (χ4n) is 1.86. The molecule has 0 aliphatic carbocycles. The van der Waals surface area contributed by atoms with Crippen molar-refractivity contribution in [1.29, 1.82) is 0 Å². The molecule has 0 radical (unpaired) electrons. The average Bonchev–Trinajstić information content (AvgIpc) is 2.48. The van der Waals surface area contributed by atoms with Gasteiger partial charge in [-0.25, -0.2) is 0 Å². The number of hydrogen-bond donors (Lipinski definition) is 1. The fourth-order valence-corrected chi connectivity index (χ4v) is 2.83. The van der Waals surface area contributed by atoms with Gasteiger partial charge in [0.15, 0.2) is 0 Å². The van der Waals surface area contributed by atoms with E-state index < -0.39 is 0 Å². The van der Waals surface area contributed by atoms with E-state index in [0.29, 0.717) is 34.5 Å². The highest BCUT2D eigenvalue weighted by Crippen LogP contribution is 2.26. The van der Waals surface area contributed by atoms with Crippen LogP contribution in [-0.2, 0) is 6.54 Å². The molecule has 0 aliphatic rings. The highest BCUT2D eigenvalue weighted by molar-refractivity contribution is 9.10. The molecule has 0 unspecified atom stereocenters. The van der Waals surface area contributed by atoms with Gasteiger partial charge in [0.25, 0.3) is 5.91 Å². The zero-order valence-corrected chi connectivity index (χ0v) is 14.9. The predicted octanol–water partition coefficient (Wildman–Crippen LogP) is 5.08. The Balaban J connectivity index is 2.04. The quantitative estimate of drug-likeness (QED) is 0.756. The maximum atomic E-state index is 12.2. The van der Waals surface area contributed by atoms with Crippen molar-refractivity contribution in [3.63, 3.8) is 0 Å². The van der Waals surface area contributed by atoms with Crippen molar-refractivity contribution in [2.75, 3.05) is 6.61 Å². The molecule has 2 aromatic rings. The monoisotopic (exact) mass is 401 g/mol. The minimum atomic E-state index is -0.185. The number of carbonyl (C=O) groups is 1. The van der Waals surface area contributed by atoms with E-state index in [1.54, 1.807) is 36.4 Å². The van der Waals surface area contributed by atoms with Crippen molar-refractivity contribution in [1.82, 2.24) is 5.32 Å². The topological polar surface area (TPSA) is 38.3 Å². The van der Waals surface area contributed by atoms with Gasteiger partial charge in [0, 0.05) is 22.2 Å². The van der Waals surface area contributed by atoms with E-state index in [2.05, 4.69) is 21.2 Å². The summed E-state index contributed by atoms with van der Waals surface area (Å²) in [5.74, 6) is 0.523. The number of benzene rings is 2. The molecule has 0 saturated carbocycles. The molecule has 0 bridgehead atoms. The van der Waals surface area contributed by atoms with Gasteiger partial charge in [-0.2, -0.15) is 0 Å². The average molecular weight is 403 g/mol. The minimum Gasteiger partial charge on any atom is -0.493 e. The summed E-state index contributed by atoms with van der Waals surface area (Å²) in [7, 11) is 0. The first kappa shape index (κ1) is 17.1. The van der Waals surface area contributed by atoms with E-state index in [4.69, 9.17) is 27.9 Å². The lowest BCUT2D eigenvalue weighted by Gasteiger charge is -2.10. The van der Waals surface area contributed by atoms with Gasteiger partial charge in [0.05, 0.1) is 11.1 Å². The van der Waals surface area contributed by atoms with Crippen molar-refractivity contribution in [2.45, 2.75) is 13.5 Å². The predicted molar refractivity (Wildman–Crippen MR) is 92.9 cm³/mol. The molecule has 2 rings (SSSR count). The number of rotatable bonds is 5. The molecule has 0 aliphatic heterocycles. The van der Waals surface area contributed by atoms with Gasteiger partial charge >= 0.3 is 0 Å². The van der Waals surface area contributed by atoms with Crippen molar-refractivity contribution >= 4 is 45.0 Å². The van der Waals surface area contributed by atoms with Crippen LogP contribution in [0.25, 0.3) is 0 Å². The zero-order chi connectivity index (χ0) is 16.1. The van der Waals surface area contributed by atoms with Gasteiger partial charge < -0.3 is 10.1 Å². The summed E-state index contributed by atoms with van der Waals surface area (Å²) in [4.78, 5) is 12.2. The SMILES string of the molecule is CCOc1ccc(C(=O)NCc2ccc(Cl)cc2Cl)cc1Br. The lowest BCUT2D eigenvalue weighted by molar-refractivity contribution is 0.0951. The van der Waals surface area contributed by atoms with Gasteiger partial charge in [-0.05, 0) is 58.7 Å². The second-order valence-electron chi connectivity index (χ2n) is 4.50. The summed E-state index contributed by atoms with van der Waals surface area (Å²) in [5.41, 5.74) is 1.35. The van der Waals surface area contributed by atoms with Crippen LogP contribution in [0.1, 0.15) is 22.8 Å². The standard InChI is InChI=1S/C16H14BrCl2NO2/c1-2-22-15-6-4-10(7-13(15)17)16(21)20-9-11-3-5-12(18)8-14(11)19/h3-8H,2,9H2,1H3,(H,20,21). The molecule has 1 amide bonds. The molecule has 1 N–H and O–H groups in total. The van der Waals surface area contributed by atoms with Gasteiger partial charge in [0.2, 0.25) is 0 Å². The van der Waals surface area contributed by atoms with Crippen LogP contribution in [0.2, 0.25) is 10.0 Å². The van der Waals surface area contributed by atoms with E-state index in [0.717, 1.165) is 10.0 Å². The zero-order valence-electron chi connectivity index (χ0n) is 11.8. The Morgan fingerprint density at radius 1 is 1.23 bits per heavy atom. The van der Waals surface area contributed by atoms with Gasteiger partial charge in [-0.1, -0.05) is 29.3 Å². The first-order valence-electron chi connectivity index (χ1n) is 6.65. The summed E-state index contributed by atoms with van der Waals surface area (Å²) in [6, 6.07) is 10.4. The van der Waals surface area contributed by atoms with Crippen molar-refractivity contribution in [2.24, 2.45) is 0 Å². The Bertz CT molecular complexity index is 692. The maximum Gasteiger partial charge on any atom is 0.251 e. The minimum absolute atomic E-state index is 0.185. The molecule has 0 saturated heterocycles. The molecule has 2 aromatic carbocycles. The van der Waals surface area contributed by atoms with Crippen molar-refractivity contribution in [3.05, 3.63) is 62.0 Å². The van der Waals surface area contributed by atoms with Crippen LogP contribution in [0.4, 0.5) is 0 Å². The number of halogens is 3. The lowest BCUT2D eigenvalue weighted by atomic mass is 10.2. The number of carbonyl (C=O) groups excluding carboxylic acids is 1. The molecule has 0 atom stereocenters. The van der Waals surface area contributed by atoms with E-state index in [-0.39, 0.29) is 5.91 Å². The van der Waals surface area contributed by atoms with Gasteiger partial charge in [-0.15, -0.1) is 0 Å². The van der Waals surface area contributed by atoms with Crippen LogP contribution in [0.5, 0.6) is 5.75 Å². The molecule has 0 spiro atoms. The Morgan fingerprint density at radius 3 is 2.64 bits per heavy atom. The highest BCUT2D eigenvalue weighted by Gasteiger charge is 2.10. The Hall–Kier alpha value is -1.23. The van der Waals surface area contributed by atoms with Crippen LogP contribution < -0.4 is 10.1 Å². The van der Waals surface area contributed by atoms with Crippen molar-refractivity contribution < 1.29 is 9.53 Å². The number of hydrogen-bond acceptors (Lipinski definition) is 2. The van der Waals surface area contributed by atoms with Crippen LogP contribution >= 0.6 is 39.1 Å². The third kappa shape index (κ3) is 4.38. The van der Waals surface area contributed by atoms with E-state index in [1.165, 1.54) is 0 Å². The molecule has 6 heteroatoms. The van der Waals surface area contributed by atoms with E-state index in [9.17, 15) is 4.79 Å². The molecule has 22 heavy (non-hydrogen) atoms. The molecule has 0 heterocycles. The molecule has 3 nitrogen and oxygen atoms in total. The first-order valence-corrected chi connectivity index (χ1v) is 8.20. The fraction of sp³-hybridized carbons (Fsp3) is 0.188. The molecule has 116 valence electrons. The summed E-state index contributed by atoms with van der Waals surface area (Å²) >= 11 is 15.3. The Kier molecular flexibility index (Phi) is 6.12. The van der Waals surface area contributed by atoms with Gasteiger partial charge in [-0.3, -0.25) is 4.79 Å². The summed E-state index contributed by atoms with van der Waals surface area (Å²) < 4.78 is 6.16. The first-order chi connectivity index (χ1) is 10.5. The lowest BCUT2D eigenvalue weighted by Crippen LogP contribution is -2.22. The smallest absolute Gasteiger partial charge is 0.251 e. The van der Waals surface area contributed by atoms with Crippen LogP contribution in [0.3, 0.4) is 0 Å². The highest BCUT2D eigenvalue weighted by atomic mass is 79.9. The summed E-state index contributed by atoms with van der Waals surface area (Å²) in [5, 5.41) is 3.92. The summed E-state index contributed by atoms with van der Waals surface area (Å²) in [6.45, 7) is 2.81. The number of ether oxygens (including phenoxy) is 1. The molecule has 0 aromatic heterocycles. The van der Waals surface area contributed by atoms with Crippen molar-refractivity contribution in [3.8, 4) is 5.75 Å². The maximum absolute atomic E-state index is 12.2. The number of nitrogens with one attached hydrogen (secondary N) is 1.